The van der Waals surface area contributed by atoms with Gasteiger partial charge in [0.25, 0.3) is 0 Å². The Balaban J connectivity index is 1.79. The second-order valence-electron chi connectivity index (χ2n) is 6.88. The lowest BCUT2D eigenvalue weighted by Crippen LogP contribution is -2.30. The standard InChI is InChI=1S/C25H28N2O/c1-4-20(2)27(18-21-10-6-5-7-11-21)19-22-12-8-9-13-25(22)26-23-14-16-24(28-3)17-15-23/h4-17,20,26H,1,18-19H2,2-3H3. The average molecular weight is 373 g/mol. The number of nitrogens with zero attached hydrogens (tertiary/aromatic N) is 1. The molecule has 0 saturated carbocycles. The summed E-state index contributed by atoms with van der Waals surface area (Å²) in [6.45, 7) is 7.91. The van der Waals surface area contributed by atoms with Gasteiger partial charge in [0.15, 0.2) is 0 Å². The number of anilines is 2. The summed E-state index contributed by atoms with van der Waals surface area (Å²) >= 11 is 0. The van der Waals surface area contributed by atoms with Crippen LogP contribution in [0.4, 0.5) is 11.4 Å². The molecule has 0 aliphatic carbocycles. The van der Waals surface area contributed by atoms with Gasteiger partial charge in [-0.05, 0) is 48.4 Å². The summed E-state index contributed by atoms with van der Waals surface area (Å²) in [4.78, 5) is 2.43. The molecule has 0 aromatic heterocycles. The Morgan fingerprint density at radius 3 is 2.29 bits per heavy atom. The lowest BCUT2D eigenvalue weighted by molar-refractivity contribution is 0.224. The minimum atomic E-state index is 0.272. The largest absolute Gasteiger partial charge is 0.497 e. The predicted octanol–water partition coefficient (Wildman–Crippen LogP) is 6.02. The first-order valence-corrected chi connectivity index (χ1v) is 9.59. The Morgan fingerprint density at radius 1 is 0.929 bits per heavy atom. The highest BCUT2D eigenvalue weighted by atomic mass is 16.5. The van der Waals surface area contributed by atoms with Gasteiger partial charge in [0.05, 0.1) is 7.11 Å². The molecule has 3 heteroatoms. The molecule has 0 radical (unpaired) electrons. The van der Waals surface area contributed by atoms with E-state index in [1.165, 1.54) is 11.1 Å². The van der Waals surface area contributed by atoms with Crippen molar-refractivity contribution in [1.82, 2.24) is 4.90 Å². The second-order valence-corrected chi connectivity index (χ2v) is 6.88. The predicted molar refractivity (Wildman–Crippen MR) is 118 cm³/mol. The van der Waals surface area contributed by atoms with Crippen LogP contribution in [0.5, 0.6) is 5.75 Å². The number of nitrogens with one attached hydrogen (secondary N) is 1. The summed E-state index contributed by atoms with van der Waals surface area (Å²) in [5.74, 6) is 0.854. The van der Waals surface area contributed by atoms with Crippen LogP contribution in [0.3, 0.4) is 0 Å². The molecule has 0 saturated heterocycles. The van der Waals surface area contributed by atoms with Crippen LogP contribution >= 0.6 is 0 Å². The van der Waals surface area contributed by atoms with E-state index in [9.17, 15) is 0 Å². The van der Waals surface area contributed by atoms with Crippen LogP contribution in [0.15, 0.2) is 91.5 Å². The van der Waals surface area contributed by atoms with Crippen LogP contribution in [-0.4, -0.2) is 18.1 Å². The molecule has 144 valence electrons. The summed E-state index contributed by atoms with van der Waals surface area (Å²) in [5.41, 5.74) is 4.71. The molecule has 0 amide bonds. The summed E-state index contributed by atoms with van der Waals surface area (Å²) in [6.07, 6.45) is 2.00. The van der Waals surface area contributed by atoms with Crippen LogP contribution < -0.4 is 10.1 Å². The van der Waals surface area contributed by atoms with Gasteiger partial charge in [-0.2, -0.15) is 0 Å². The van der Waals surface area contributed by atoms with Crippen molar-refractivity contribution in [1.29, 1.82) is 0 Å². The third kappa shape index (κ3) is 5.24. The van der Waals surface area contributed by atoms with Crippen LogP contribution in [-0.2, 0) is 13.1 Å². The third-order valence-electron chi connectivity index (χ3n) is 4.91. The van der Waals surface area contributed by atoms with Crippen molar-refractivity contribution in [3.8, 4) is 5.75 Å². The van der Waals surface area contributed by atoms with Crippen LogP contribution in [0, 0.1) is 0 Å². The van der Waals surface area contributed by atoms with Gasteiger partial charge < -0.3 is 10.1 Å². The number of hydrogen-bond donors (Lipinski definition) is 1. The highest BCUT2D eigenvalue weighted by Crippen LogP contribution is 2.25. The molecule has 28 heavy (non-hydrogen) atoms. The molecule has 1 N–H and O–H groups in total. The molecule has 0 bridgehead atoms. The monoisotopic (exact) mass is 372 g/mol. The zero-order valence-corrected chi connectivity index (χ0v) is 16.6. The Morgan fingerprint density at radius 2 is 1.61 bits per heavy atom. The fraction of sp³-hybridized carbons (Fsp3) is 0.200. The number of ether oxygens (including phenoxy) is 1. The molecule has 0 aliphatic rings. The van der Waals surface area contributed by atoms with E-state index in [1.54, 1.807) is 7.11 Å². The van der Waals surface area contributed by atoms with Crippen molar-refractivity contribution in [2.24, 2.45) is 0 Å². The number of para-hydroxylation sites is 1. The van der Waals surface area contributed by atoms with Crippen molar-refractivity contribution in [3.63, 3.8) is 0 Å². The van der Waals surface area contributed by atoms with Gasteiger partial charge in [0.2, 0.25) is 0 Å². The lowest BCUT2D eigenvalue weighted by Gasteiger charge is -2.28. The molecule has 3 aromatic rings. The molecule has 1 atom stereocenters. The van der Waals surface area contributed by atoms with Gasteiger partial charge in [-0.3, -0.25) is 4.90 Å². The van der Waals surface area contributed by atoms with E-state index in [4.69, 9.17) is 4.74 Å². The van der Waals surface area contributed by atoms with Crippen LogP contribution in [0.25, 0.3) is 0 Å². The van der Waals surface area contributed by atoms with E-state index in [0.717, 1.165) is 30.2 Å². The van der Waals surface area contributed by atoms with Gasteiger partial charge in [-0.15, -0.1) is 6.58 Å². The Kier molecular flexibility index (Phi) is 6.88. The minimum Gasteiger partial charge on any atom is -0.497 e. The quantitative estimate of drug-likeness (QED) is 0.465. The van der Waals surface area contributed by atoms with Crippen molar-refractivity contribution < 1.29 is 4.74 Å². The number of methoxy groups -OCH3 is 1. The molecule has 0 spiro atoms. The fourth-order valence-corrected chi connectivity index (χ4v) is 3.14. The molecule has 1 unspecified atom stereocenters. The van der Waals surface area contributed by atoms with Gasteiger partial charge >= 0.3 is 0 Å². The van der Waals surface area contributed by atoms with Crippen molar-refractivity contribution in [2.75, 3.05) is 12.4 Å². The number of rotatable bonds is 9. The molecule has 3 nitrogen and oxygen atoms in total. The summed E-state index contributed by atoms with van der Waals surface area (Å²) in [6, 6.07) is 27.3. The zero-order valence-electron chi connectivity index (χ0n) is 16.6. The topological polar surface area (TPSA) is 24.5 Å². The maximum atomic E-state index is 5.25. The van der Waals surface area contributed by atoms with E-state index in [2.05, 4.69) is 78.3 Å². The molecular formula is C25H28N2O. The molecule has 0 aliphatic heterocycles. The first-order chi connectivity index (χ1) is 13.7. The number of hydrogen-bond acceptors (Lipinski definition) is 3. The maximum absolute atomic E-state index is 5.25. The average Bonchev–Trinajstić information content (AvgIpc) is 2.75. The van der Waals surface area contributed by atoms with E-state index < -0.39 is 0 Å². The normalized spacial score (nSPS) is 11.8. The highest BCUT2D eigenvalue weighted by Gasteiger charge is 2.14. The van der Waals surface area contributed by atoms with Crippen LogP contribution in [0.2, 0.25) is 0 Å². The highest BCUT2D eigenvalue weighted by molar-refractivity contribution is 5.63. The van der Waals surface area contributed by atoms with E-state index in [0.29, 0.717) is 0 Å². The summed E-state index contributed by atoms with van der Waals surface area (Å²) in [5, 5.41) is 3.54. The Labute approximate surface area is 168 Å². The van der Waals surface area contributed by atoms with Gasteiger partial charge in [-0.25, -0.2) is 0 Å². The first kappa shape index (κ1) is 19.7. The first-order valence-electron chi connectivity index (χ1n) is 9.59. The fourth-order valence-electron chi connectivity index (χ4n) is 3.14. The van der Waals surface area contributed by atoms with E-state index >= 15 is 0 Å². The van der Waals surface area contributed by atoms with Crippen molar-refractivity contribution in [3.05, 3.63) is 103 Å². The minimum absolute atomic E-state index is 0.272. The summed E-state index contributed by atoms with van der Waals surface area (Å²) < 4.78 is 5.25. The Hall–Kier alpha value is -3.04. The second kappa shape index (κ2) is 9.77. The molecular weight excluding hydrogens is 344 g/mol. The van der Waals surface area contributed by atoms with Gasteiger partial charge in [-0.1, -0.05) is 54.6 Å². The Bertz CT molecular complexity index is 875. The zero-order chi connectivity index (χ0) is 19.8. The van der Waals surface area contributed by atoms with Crippen LogP contribution in [0.1, 0.15) is 18.1 Å². The maximum Gasteiger partial charge on any atom is 0.119 e. The molecule has 3 rings (SSSR count). The number of benzene rings is 3. The molecule has 0 heterocycles. The van der Waals surface area contributed by atoms with E-state index in [1.807, 2.05) is 30.3 Å². The van der Waals surface area contributed by atoms with Crippen molar-refractivity contribution in [2.45, 2.75) is 26.1 Å². The lowest BCUT2D eigenvalue weighted by atomic mass is 10.1. The smallest absolute Gasteiger partial charge is 0.119 e. The molecule has 0 fully saturated rings. The SMILES string of the molecule is C=CC(C)N(Cc1ccccc1)Cc1ccccc1Nc1ccc(OC)cc1. The van der Waals surface area contributed by atoms with E-state index in [-0.39, 0.29) is 6.04 Å². The third-order valence-corrected chi connectivity index (χ3v) is 4.91. The summed E-state index contributed by atoms with van der Waals surface area (Å²) in [7, 11) is 1.68. The van der Waals surface area contributed by atoms with Gasteiger partial charge in [0.1, 0.15) is 5.75 Å². The van der Waals surface area contributed by atoms with Gasteiger partial charge in [0, 0.05) is 30.5 Å². The molecule has 3 aromatic carbocycles. The van der Waals surface area contributed by atoms with Crippen molar-refractivity contribution >= 4 is 11.4 Å².